The highest BCUT2D eigenvalue weighted by molar-refractivity contribution is 5.45. The van der Waals surface area contributed by atoms with Crippen LogP contribution in [0.25, 0.3) is 5.69 Å². The molecule has 136 valence electrons. The van der Waals surface area contributed by atoms with Crippen molar-refractivity contribution in [3.63, 3.8) is 0 Å². The lowest BCUT2D eigenvalue weighted by molar-refractivity contribution is -0.139. The van der Waals surface area contributed by atoms with Gasteiger partial charge in [0, 0.05) is 12.6 Å². The number of halogens is 3. The maximum atomic E-state index is 13.1. The first-order chi connectivity index (χ1) is 12.3. The fourth-order valence-corrected chi connectivity index (χ4v) is 2.51. The summed E-state index contributed by atoms with van der Waals surface area (Å²) in [6.45, 7) is 1.62. The number of alkyl halides is 3. The van der Waals surface area contributed by atoms with Crippen LogP contribution in [0.2, 0.25) is 0 Å². The minimum atomic E-state index is -4.52. The molecule has 26 heavy (non-hydrogen) atoms. The van der Waals surface area contributed by atoms with Gasteiger partial charge >= 0.3 is 11.9 Å². The first-order valence-electron chi connectivity index (χ1n) is 7.66. The Morgan fingerprint density at radius 1 is 1.08 bits per heavy atom. The molecule has 0 atom stereocenters. The fraction of sp³-hybridized carbons (Fsp3) is 0.235. The van der Waals surface area contributed by atoms with Crippen LogP contribution in [0.3, 0.4) is 0 Å². The summed E-state index contributed by atoms with van der Waals surface area (Å²) in [4.78, 5) is 12.1. The van der Waals surface area contributed by atoms with Crippen molar-refractivity contribution in [2.45, 2.75) is 19.7 Å². The van der Waals surface area contributed by atoms with Gasteiger partial charge in [-0.3, -0.25) is 0 Å². The van der Waals surface area contributed by atoms with E-state index in [0.29, 0.717) is 11.3 Å². The Morgan fingerprint density at radius 2 is 1.81 bits per heavy atom. The van der Waals surface area contributed by atoms with Crippen molar-refractivity contribution in [2.24, 2.45) is 7.05 Å². The second kappa shape index (κ2) is 6.66. The highest BCUT2D eigenvalue weighted by atomic mass is 19.4. The molecule has 1 heterocycles. The first-order valence-corrected chi connectivity index (χ1v) is 7.66. The predicted octanol–water partition coefficient (Wildman–Crippen LogP) is 2.87. The lowest BCUT2D eigenvalue weighted by Gasteiger charge is -2.16. The van der Waals surface area contributed by atoms with E-state index in [9.17, 15) is 18.0 Å². The summed E-state index contributed by atoms with van der Waals surface area (Å²) in [5, 5.41) is 7.44. The van der Waals surface area contributed by atoms with Crippen molar-refractivity contribution in [3.05, 3.63) is 69.6 Å². The van der Waals surface area contributed by atoms with E-state index in [1.807, 2.05) is 0 Å². The predicted molar refractivity (Wildman–Crippen MR) is 87.1 cm³/mol. The van der Waals surface area contributed by atoms with Crippen LogP contribution < -0.4 is 10.4 Å². The highest BCUT2D eigenvalue weighted by Gasteiger charge is 2.34. The molecule has 0 fully saturated rings. The average Bonchev–Trinajstić information content (AvgIpc) is 2.92. The molecule has 0 N–H and O–H groups in total. The number of tetrazole rings is 1. The van der Waals surface area contributed by atoms with Crippen molar-refractivity contribution in [3.8, 4) is 11.4 Å². The Balaban J connectivity index is 1.98. The molecular weight excluding hydrogens is 349 g/mol. The van der Waals surface area contributed by atoms with E-state index in [4.69, 9.17) is 4.74 Å². The van der Waals surface area contributed by atoms with Crippen LogP contribution in [0.5, 0.6) is 5.75 Å². The van der Waals surface area contributed by atoms with Crippen LogP contribution in [0.15, 0.2) is 47.3 Å². The smallest absolute Gasteiger partial charge is 0.419 e. The molecule has 0 saturated carbocycles. The summed E-state index contributed by atoms with van der Waals surface area (Å²) in [6, 6.07) is 10.1. The van der Waals surface area contributed by atoms with E-state index in [0.717, 1.165) is 21.0 Å². The molecule has 6 nitrogen and oxygen atoms in total. The summed E-state index contributed by atoms with van der Waals surface area (Å²) in [5.41, 5.74) is 0.392. The molecule has 2 aromatic carbocycles. The van der Waals surface area contributed by atoms with Crippen LogP contribution in [-0.4, -0.2) is 19.8 Å². The van der Waals surface area contributed by atoms with Crippen LogP contribution in [0, 0.1) is 6.92 Å². The third-order valence-corrected chi connectivity index (χ3v) is 3.90. The maximum absolute atomic E-state index is 13.1. The average molecular weight is 364 g/mol. The fourth-order valence-electron chi connectivity index (χ4n) is 2.51. The number of aromatic nitrogens is 4. The standard InChI is InChI=1S/C17H15F3N4O2/c1-11-6-5-8-14(24-16(25)23(2)21-22-24)12(11)10-26-15-9-4-3-7-13(15)17(18,19)20/h3-9H,10H2,1-2H3. The minimum absolute atomic E-state index is 0.155. The summed E-state index contributed by atoms with van der Waals surface area (Å²) in [5.74, 6) is -0.277. The van der Waals surface area contributed by atoms with E-state index >= 15 is 0 Å². The lowest BCUT2D eigenvalue weighted by Crippen LogP contribution is -2.23. The van der Waals surface area contributed by atoms with Crippen molar-refractivity contribution < 1.29 is 17.9 Å². The van der Waals surface area contributed by atoms with E-state index < -0.39 is 17.4 Å². The van der Waals surface area contributed by atoms with E-state index in [2.05, 4.69) is 10.4 Å². The zero-order valence-corrected chi connectivity index (χ0v) is 14.0. The summed E-state index contributed by atoms with van der Waals surface area (Å²) >= 11 is 0. The second-order valence-corrected chi connectivity index (χ2v) is 5.65. The summed E-state index contributed by atoms with van der Waals surface area (Å²) in [6.07, 6.45) is -4.52. The highest BCUT2D eigenvalue weighted by Crippen LogP contribution is 2.36. The van der Waals surface area contributed by atoms with Crippen molar-refractivity contribution >= 4 is 0 Å². The zero-order chi connectivity index (χ0) is 18.9. The van der Waals surface area contributed by atoms with E-state index in [1.54, 1.807) is 25.1 Å². The number of nitrogens with zero attached hydrogens (tertiary/aromatic N) is 4. The topological polar surface area (TPSA) is 61.9 Å². The maximum Gasteiger partial charge on any atom is 0.419 e. The first kappa shape index (κ1) is 17.7. The Labute approximate surface area is 146 Å². The molecule has 9 heteroatoms. The summed E-state index contributed by atoms with van der Waals surface area (Å²) < 4.78 is 46.9. The minimum Gasteiger partial charge on any atom is -0.488 e. The molecule has 3 rings (SSSR count). The summed E-state index contributed by atoms with van der Waals surface area (Å²) in [7, 11) is 1.46. The van der Waals surface area contributed by atoms with Crippen LogP contribution in [0.1, 0.15) is 16.7 Å². The number of ether oxygens (including phenoxy) is 1. The van der Waals surface area contributed by atoms with Crippen molar-refractivity contribution in [1.82, 2.24) is 19.8 Å². The van der Waals surface area contributed by atoms with Gasteiger partial charge in [-0.25, -0.2) is 4.79 Å². The normalized spacial score (nSPS) is 11.6. The van der Waals surface area contributed by atoms with Gasteiger partial charge in [-0.1, -0.05) is 24.3 Å². The number of hydrogen-bond acceptors (Lipinski definition) is 4. The Morgan fingerprint density at radius 3 is 2.46 bits per heavy atom. The molecule has 0 aliphatic rings. The molecule has 3 aromatic rings. The van der Waals surface area contributed by atoms with Gasteiger partial charge in [0.2, 0.25) is 0 Å². The van der Waals surface area contributed by atoms with Crippen LogP contribution in [0.4, 0.5) is 13.2 Å². The van der Waals surface area contributed by atoms with Gasteiger partial charge in [0.25, 0.3) is 0 Å². The largest absolute Gasteiger partial charge is 0.488 e. The zero-order valence-electron chi connectivity index (χ0n) is 14.0. The molecule has 0 unspecified atom stereocenters. The van der Waals surface area contributed by atoms with Gasteiger partial charge < -0.3 is 4.74 Å². The van der Waals surface area contributed by atoms with Crippen molar-refractivity contribution in [2.75, 3.05) is 0 Å². The second-order valence-electron chi connectivity index (χ2n) is 5.65. The SMILES string of the molecule is Cc1cccc(-n2nnn(C)c2=O)c1COc1ccccc1C(F)(F)F. The van der Waals surface area contributed by atoms with Crippen LogP contribution >= 0.6 is 0 Å². The Hall–Kier alpha value is -3.10. The third-order valence-electron chi connectivity index (χ3n) is 3.90. The van der Waals surface area contributed by atoms with Crippen molar-refractivity contribution in [1.29, 1.82) is 0 Å². The quantitative estimate of drug-likeness (QED) is 0.714. The van der Waals surface area contributed by atoms with Gasteiger partial charge in [-0.2, -0.15) is 22.5 Å². The van der Waals surface area contributed by atoms with Crippen LogP contribution in [-0.2, 0) is 19.8 Å². The molecule has 0 aliphatic carbocycles. The molecule has 0 aliphatic heterocycles. The molecular formula is C17H15F3N4O2. The Bertz CT molecular complexity index is 992. The number of hydrogen-bond donors (Lipinski definition) is 0. The molecule has 0 amide bonds. The number of benzene rings is 2. The monoisotopic (exact) mass is 364 g/mol. The molecule has 0 saturated heterocycles. The molecule has 0 spiro atoms. The van der Waals surface area contributed by atoms with Gasteiger partial charge in [0.1, 0.15) is 12.4 Å². The van der Waals surface area contributed by atoms with Gasteiger partial charge in [-0.15, -0.1) is 0 Å². The number of rotatable bonds is 4. The third kappa shape index (κ3) is 3.32. The number of aryl methyl sites for hydroxylation is 2. The number of para-hydroxylation sites is 1. The van der Waals surface area contributed by atoms with Gasteiger partial charge in [0.15, 0.2) is 0 Å². The Kier molecular flexibility index (Phi) is 4.54. The van der Waals surface area contributed by atoms with Gasteiger partial charge in [0.05, 0.1) is 11.3 Å². The lowest BCUT2D eigenvalue weighted by atomic mass is 10.1. The van der Waals surface area contributed by atoms with E-state index in [1.165, 1.54) is 25.2 Å². The van der Waals surface area contributed by atoms with E-state index in [-0.39, 0.29) is 12.4 Å². The van der Waals surface area contributed by atoms with Gasteiger partial charge in [-0.05, 0) is 41.1 Å². The molecule has 0 radical (unpaired) electrons. The molecule has 1 aromatic heterocycles. The molecule has 0 bridgehead atoms.